The third kappa shape index (κ3) is 3.12. The smallest absolute Gasteiger partial charge is 0.162 e. The number of anilines is 2. The largest absolute Gasteiger partial charge is 0.493 e. The number of nitrogens with one attached hydrogen (secondary N) is 1. The number of thiocarbonyl (C=S) groups is 1. The van der Waals surface area contributed by atoms with Crippen molar-refractivity contribution in [2.24, 2.45) is 5.73 Å². The molecule has 0 aliphatic carbocycles. The molecule has 0 saturated heterocycles. The van der Waals surface area contributed by atoms with E-state index in [1.165, 1.54) is 6.20 Å². The highest BCUT2D eigenvalue weighted by Crippen LogP contribution is 2.30. The fourth-order valence-electron chi connectivity index (χ4n) is 1.58. The van der Waals surface area contributed by atoms with Crippen molar-refractivity contribution in [1.82, 2.24) is 9.97 Å². The molecule has 3 N–H and O–H groups in total. The predicted molar refractivity (Wildman–Crippen MR) is 80.7 cm³/mol. The summed E-state index contributed by atoms with van der Waals surface area (Å²) in [7, 11) is 3.17. The van der Waals surface area contributed by atoms with E-state index in [4.69, 9.17) is 27.4 Å². The molecule has 6 nitrogen and oxygen atoms in total. The zero-order valence-electron chi connectivity index (χ0n) is 11.1. The van der Waals surface area contributed by atoms with Crippen LogP contribution in [0.5, 0.6) is 11.5 Å². The van der Waals surface area contributed by atoms with Crippen LogP contribution in [0.2, 0.25) is 0 Å². The summed E-state index contributed by atoms with van der Waals surface area (Å²) in [5, 5.41) is 3.10. The summed E-state index contributed by atoms with van der Waals surface area (Å²) in [6.07, 6.45) is 3.08. The quantitative estimate of drug-likeness (QED) is 0.813. The maximum absolute atomic E-state index is 5.46. The summed E-state index contributed by atoms with van der Waals surface area (Å²) >= 11 is 4.82. The fourth-order valence-corrected chi connectivity index (χ4v) is 1.69. The zero-order chi connectivity index (χ0) is 14.5. The molecule has 0 unspecified atom stereocenters. The average molecular weight is 290 g/mol. The number of nitrogens with two attached hydrogens (primary N) is 1. The van der Waals surface area contributed by atoms with Gasteiger partial charge in [0, 0.05) is 11.8 Å². The van der Waals surface area contributed by atoms with Gasteiger partial charge in [0.2, 0.25) is 0 Å². The average Bonchev–Trinajstić information content (AvgIpc) is 2.47. The first kappa shape index (κ1) is 14.0. The SMILES string of the molecule is COc1ccc(Nc2cnc(C(N)=S)cn2)cc1OC. The Morgan fingerprint density at radius 3 is 2.45 bits per heavy atom. The lowest BCUT2D eigenvalue weighted by molar-refractivity contribution is 0.355. The highest BCUT2D eigenvalue weighted by Gasteiger charge is 2.05. The van der Waals surface area contributed by atoms with Crippen LogP contribution in [0.1, 0.15) is 5.69 Å². The second-order valence-electron chi connectivity index (χ2n) is 3.85. The van der Waals surface area contributed by atoms with E-state index in [2.05, 4.69) is 15.3 Å². The van der Waals surface area contributed by atoms with Gasteiger partial charge in [0.05, 0.1) is 26.6 Å². The molecule has 1 aromatic carbocycles. The van der Waals surface area contributed by atoms with E-state index in [-0.39, 0.29) is 4.99 Å². The first-order chi connectivity index (χ1) is 9.63. The number of aromatic nitrogens is 2. The lowest BCUT2D eigenvalue weighted by Gasteiger charge is -2.10. The van der Waals surface area contributed by atoms with Crippen LogP contribution in [0.3, 0.4) is 0 Å². The van der Waals surface area contributed by atoms with Gasteiger partial charge in [-0.1, -0.05) is 12.2 Å². The topological polar surface area (TPSA) is 82.3 Å². The van der Waals surface area contributed by atoms with Crippen molar-refractivity contribution >= 4 is 28.7 Å². The van der Waals surface area contributed by atoms with Crippen molar-refractivity contribution in [3.63, 3.8) is 0 Å². The molecular weight excluding hydrogens is 276 g/mol. The molecular formula is C13H14N4O2S. The maximum atomic E-state index is 5.46. The Bertz CT molecular complexity index is 616. The molecule has 2 aromatic rings. The van der Waals surface area contributed by atoms with Gasteiger partial charge < -0.3 is 20.5 Å². The Morgan fingerprint density at radius 2 is 1.90 bits per heavy atom. The second-order valence-corrected chi connectivity index (χ2v) is 4.29. The molecule has 0 spiro atoms. The van der Waals surface area contributed by atoms with Crippen LogP contribution in [0.15, 0.2) is 30.6 Å². The standard InChI is InChI=1S/C13H14N4O2S/c1-18-10-4-3-8(5-11(10)19-2)17-12-7-15-9(6-16-12)13(14)20/h3-7H,1-2H3,(H2,14,20)(H,16,17). The van der Waals surface area contributed by atoms with Crippen molar-refractivity contribution in [3.8, 4) is 11.5 Å². The molecule has 1 aromatic heterocycles. The molecule has 0 aliphatic heterocycles. The normalized spacial score (nSPS) is 9.90. The van der Waals surface area contributed by atoms with E-state index in [9.17, 15) is 0 Å². The van der Waals surface area contributed by atoms with Gasteiger partial charge in [-0.25, -0.2) is 9.97 Å². The first-order valence-electron chi connectivity index (χ1n) is 5.75. The highest BCUT2D eigenvalue weighted by molar-refractivity contribution is 7.80. The summed E-state index contributed by atoms with van der Waals surface area (Å²) in [5.41, 5.74) is 6.75. The Morgan fingerprint density at radius 1 is 1.15 bits per heavy atom. The molecule has 0 fully saturated rings. The summed E-state index contributed by atoms with van der Waals surface area (Å²) in [5.74, 6) is 1.87. The molecule has 0 aliphatic rings. The number of benzene rings is 1. The summed E-state index contributed by atoms with van der Waals surface area (Å²) in [4.78, 5) is 8.50. The van der Waals surface area contributed by atoms with Crippen LogP contribution >= 0.6 is 12.2 Å². The third-order valence-corrected chi connectivity index (χ3v) is 2.77. The zero-order valence-corrected chi connectivity index (χ0v) is 11.9. The van der Waals surface area contributed by atoms with Gasteiger partial charge in [0.25, 0.3) is 0 Å². The van der Waals surface area contributed by atoms with Crippen LogP contribution in [0.25, 0.3) is 0 Å². The van der Waals surface area contributed by atoms with Crippen LogP contribution in [0, 0.1) is 0 Å². The monoisotopic (exact) mass is 290 g/mol. The van der Waals surface area contributed by atoms with Crippen molar-refractivity contribution in [2.75, 3.05) is 19.5 Å². The molecule has 1 heterocycles. The number of methoxy groups -OCH3 is 2. The van der Waals surface area contributed by atoms with Crippen molar-refractivity contribution < 1.29 is 9.47 Å². The second kappa shape index (κ2) is 6.16. The van der Waals surface area contributed by atoms with E-state index in [0.29, 0.717) is 23.0 Å². The molecule has 0 saturated carbocycles. The Hall–Kier alpha value is -2.41. The maximum Gasteiger partial charge on any atom is 0.162 e. The summed E-state index contributed by atoms with van der Waals surface area (Å²) in [6, 6.07) is 5.46. The minimum atomic E-state index is 0.218. The molecule has 20 heavy (non-hydrogen) atoms. The molecule has 0 radical (unpaired) electrons. The predicted octanol–water partition coefficient (Wildman–Crippen LogP) is 1.87. The summed E-state index contributed by atoms with van der Waals surface area (Å²) in [6.45, 7) is 0. The molecule has 0 atom stereocenters. The number of rotatable bonds is 5. The van der Waals surface area contributed by atoms with E-state index in [1.807, 2.05) is 12.1 Å². The molecule has 104 valence electrons. The van der Waals surface area contributed by atoms with Crippen LogP contribution < -0.4 is 20.5 Å². The highest BCUT2D eigenvalue weighted by atomic mass is 32.1. The van der Waals surface area contributed by atoms with Crippen LogP contribution in [-0.2, 0) is 0 Å². The van der Waals surface area contributed by atoms with Crippen LogP contribution in [0.4, 0.5) is 11.5 Å². The number of nitrogens with zero attached hydrogens (tertiary/aromatic N) is 2. The minimum Gasteiger partial charge on any atom is -0.493 e. The molecule has 0 amide bonds. The van der Waals surface area contributed by atoms with Gasteiger partial charge in [0.1, 0.15) is 16.5 Å². The Labute approximate surface area is 121 Å². The van der Waals surface area contributed by atoms with Crippen LogP contribution in [-0.4, -0.2) is 29.2 Å². The third-order valence-electron chi connectivity index (χ3n) is 2.56. The fraction of sp³-hybridized carbons (Fsp3) is 0.154. The minimum absolute atomic E-state index is 0.218. The van der Waals surface area contributed by atoms with Crippen molar-refractivity contribution in [3.05, 3.63) is 36.3 Å². The summed E-state index contributed by atoms with van der Waals surface area (Å²) < 4.78 is 10.4. The van der Waals surface area contributed by atoms with Gasteiger partial charge in [0.15, 0.2) is 11.5 Å². The molecule has 2 rings (SSSR count). The molecule has 0 bridgehead atoms. The van der Waals surface area contributed by atoms with E-state index in [0.717, 1.165) is 5.69 Å². The van der Waals surface area contributed by atoms with Gasteiger partial charge in [-0.2, -0.15) is 0 Å². The van der Waals surface area contributed by atoms with E-state index in [1.54, 1.807) is 26.5 Å². The van der Waals surface area contributed by atoms with Gasteiger partial charge in [-0.3, -0.25) is 0 Å². The number of hydrogen-bond donors (Lipinski definition) is 2. The van der Waals surface area contributed by atoms with Crippen molar-refractivity contribution in [1.29, 1.82) is 0 Å². The lowest BCUT2D eigenvalue weighted by atomic mass is 10.2. The van der Waals surface area contributed by atoms with E-state index >= 15 is 0 Å². The van der Waals surface area contributed by atoms with Gasteiger partial charge in [-0.15, -0.1) is 0 Å². The number of hydrogen-bond acceptors (Lipinski definition) is 6. The van der Waals surface area contributed by atoms with Gasteiger partial charge >= 0.3 is 0 Å². The first-order valence-corrected chi connectivity index (χ1v) is 6.15. The number of ether oxygens (including phenoxy) is 2. The molecule has 7 heteroatoms. The van der Waals surface area contributed by atoms with E-state index < -0.39 is 0 Å². The Balaban J connectivity index is 2.19. The Kier molecular flexibility index (Phi) is 4.31. The van der Waals surface area contributed by atoms with Crippen molar-refractivity contribution in [2.45, 2.75) is 0 Å². The van der Waals surface area contributed by atoms with Gasteiger partial charge in [-0.05, 0) is 12.1 Å². The lowest BCUT2D eigenvalue weighted by Crippen LogP contribution is -2.12.